The third-order valence-corrected chi connectivity index (χ3v) is 10.3. The molecule has 2 heterocycles. The molecule has 1 saturated carbocycles. The van der Waals surface area contributed by atoms with E-state index in [1.54, 1.807) is 17.0 Å². The van der Waals surface area contributed by atoms with Crippen molar-refractivity contribution in [2.45, 2.75) is 74.7 Å². The number of hydrogen-bond acceptors (Lipinski definition) is 5. The maximum Gasteiger partial charge on any atom is 0.221 e. The largest absolute Gasteiger partial charge is 0.317 e. The van der Waals surface area contributed by atoms with Crippen LogP contribution in [-0.2, 0) is 22.0 Å². The van der Waals surface area contributed by atoms with Crippen LogP contribution < -0.4 is 0 Å². The quantitative estimate of drug-likeness (QED) is 0.508. The third kappa shape index (κ3) is 4.51. The van der Waals surface area contributed by atoms with Crippen molar-refractivity contribution in [1.82, 2.24) is 19.1 Å². The van der Waals surface area contributed by atoms with Gasteiger partial charge in [-0.15, -0.1) is 10.2 Å². The fourth-order valence-electron chi connectivity index (χ4n) is 5.72. The topological polar surface area (TPSA) is 91.9 Å². The molecule has 182 valence electrons. The monoisotopic (exact) mass is 489 g/mol. The molecule has 3 aromatic rings. The molecule has 2 aliphatic rings. The second-order valence-corrected chi connectivity index (χ2v) is 12.0. The summed E-state index contributed by atoms with van der Waals surface area (Å²) in [4.78, 5) is 0. The Morgan fingerprint density at radius 1 is 0.971 bits per heavy atom. The first-order valence-corrected chi connectivity index (χ1v) is 13.8. The van der Waals surface area contributed by atoms with Crippen LogP contribution in [0, 0.1) is 11.3 Å². The smallest absolute Gasteiger partial charge is 0.221 e. The zero-order valence-electron chi connectivity index (χ0n) is 20.0. The van der Waals surface area contributed by atoms with E-state index in [0.717, 1.165) is 48.8 Å². The van der Waals surface area contributed by atoms with Crippen molar-refractivity contribution in [2.24, 2.45) is 0 Å². The summed E-state index contributed by atoms with van der Waals surface area (Å²) in [5.41, 5.74) is 2.32. The van der Waals surface area contributed by atoms with Gasteiger partial charge in [-0.05, 0) is 62.1 Å². The van der Waals surface area contributed by atoms with Gasteiger partial charge in [0.2, 0.25) is 10.0 Å². The van der Waals surface area contributed by atoms with E-state index in [1.807, 2.05) is 66.1 Å². The van der Waals surface area contributed by atoms with Crippen molar-refractivity contribution < 1.29 is 8.42 Å². The van der Waals surface area contributed by atoms with Gasteiger partial charge < -0.3 is 4.57 Å². The second-order valence-electron chi connectivity index (χ2n) is 9.95. The molecule has 1 saturated heterocycles. The fraction of sp³-hybridized carbons (Fsp3) is 0.444. The Morgan fingerprint density at radius 2 is 1.63 bits per heavy atom. The van der Waals surface area contributed by atoms with E-state index in [0.29, 0.717) is 19.0 Å². The van der Waals surface area contributed by atoms with Gasteiger partial charge in [0, 0.05) is 18.6 Å². The summed E-state index contributed by atoms with van der Waals surface area (Å²) in [7, 11) is -3.47. The average molecular weight is 490 g/mol. The van der Waals surface area contributed by atoms with Crippen molar-refractivity contribution >= 4 is 10.0 Å². The van der Waals surface area contributed by atoms with Crippen LogP contribution in [0.25, 0.3) is 0 Å². The molecule has 2 fully saturated rings. The van der Waals surface area contributed by atoms with Crippen LogP contribution >= 0.6 is 0 Å². The minimum absolute atomic E-state index is 0.0435. The van der Waals surface area contributed by atoms with Crippen LogP contribution in [0.4, 0.5) is 0 Å². The van der Waals surface area contributed by atoms with Gasteiger partial charge in [-0.1, -0.05) is 54.6 Å². The van der Waals surface area contributed by atoms with Crippen molar-refractivity contribution in [3.05, 3.63) is 83.9 Å². The predicted molar refractivity (Wildman–Crippen MR) is 134 cm³/mol. The summed E-state index contributed by atoms with van der Waals surface area (Å²) < 4.78 is 30.8. The lowest BCUT2D eigenvalue weighted by molar-refractivity contribution is 0.277. The van der Waals surface area contributed by atoms with Crippen LogP contribution in [0.3, 0.4) is 0 Å². The van der Waals surface area contributed by atoms with Gasteiger partial charge in [-0.3, -0.25) is 0 Å². The van der Waals surface area contributed by atoms with Gasteiger partial charge in [0.1, 0.15) is 17.9 Å². The first kappa shape index (κ1) is 23.7. The van der Waals surface area contributed by atoms with Crippen LogP contribution in [0.5, 0.6) is 0 Å². The second kappa shape index (κ2) is 9.56. The molecular formula is C27H31N5O2S. The summed E-state index contributed by atoms with van der Waals surface area (Å²) in [6, 6.07) is 20.4. The Labute approximate surface area is 207 Å². The molecular weight excluding hydrogens is 458 g/mol. The van der Waals surface area contributed by atoms with Crippen molar-refractivity contribution in [3.8, 4) is 6.07 Å². The summed E-state index contributed by atoms with van der Waals surface area (Å²) in [5, 5.41) is 17.4. The normalized spacial score (nSPS) is 28.9. The molecule has 2 atom stereocenters. The molecule has 1 aromatic heterocycles. The van der Waals surface area contributed by atoms with Crippen molar-refractivity contribution in [3.63, 3.8) is 0 Å². The minimum atomic E-state index is -3.47. The molecule has 1 aliphatic carbocycles. The lowest BCUT2D eigenvalue weighted by Crippen LogP contribution is -2.44. The first-order chi connectivity index (χ1) is 16.9. The van der Waals surface area contributed by atoms with E-state index >= 15 is 0 Å². The predicted octanol–water partition coefficient (Wildman–Crippen LogP) is 4.91. The first-order valence-electron chi connectivity index (χ1n) is 12.3. The molecule has 0 radical (unpaired) electrons. The molecule has 8 heteroatoms. The molecule has 0 amide bonds. The highest BCUT2D eigenvalue weighted by atomic mass is 32.2. The molecule has 35 heavy (non-hydrogen) atoms. The highest BCUT2D eigenvalue weighted by Gasteiger charge is 2.41. The number of nitriles is 1. The van der Waals surface area contributed by atoms with Gasteiger partial charge >= 0.3 is 0 Å². The standard InChI is InChI=1S/C27H31N5O2S/c1-21-7-12-26(23-5-3-2-4-6-23)35(33,34)32(21)17-22-8-10-24(11-9-22)27(18-28)15-13-25(14-16-27)31-19-29-30-20-31/h2-6,8-11,19-21,25-26H,7,12-17H2,1H3/t21-,25-,26+,27-/m0/s1. The molecule has 0 bridgehead atoms. The maximum absolute atomic E-state index is 13.5. The Bertz CT molecular complexity index is 1280. The molecule has 0 spiro atoms. The zero-order valence-corrected chi connectivity index (χ0v) is 20.8. The number of nitrogens with zero attached hydrogens (tertiary/aromatic N) is 5. The molecule has 0 unspecified atom stereocenters. The van der Waals surface area contributed by atoms with Gasteiger partial charge in [0.15, 0.2) is 0 Å². The highest BCUT2D eigenvalue weighted by molar-refractivity contribution is 7.89. The number of sulfonamides is 1. The fourth-order valence-corrected chi connectivity index (χ4v) is 7.91. The Morgan fingerprint density at radius 3 is 2.26 bits per heavy atom. The third-order valence-electron chi connectivity index (χ3n) is 7.92. The van der Waals surface area contributed by atoms with E-state index < -0.39 is 20.7 Å². The summed E-state index contributed by atoms with van der Waals surface area (Å²) in [5.74, 6) is 0. The molecule has 1 aliphatic heterocycles. The zero-order chi connectivity index (χ0) is 24.5. The number of aromatic nitrogens is 3. The summed E-state index contributed by atoms with van der Waals surface area (Å²) in [6.07, 6.45) is 8.33. The number of rotatable bonds is 5. The minimum Gasteiger partial charge on any atom is -0.317 e. The van der Waals surface area contributed by atoms with Gasteiger partial charge in [0.05, 0.1) is 11.5 Å². The molecule has 5 rings (SSSR count). The van der Waals surface area contributed by atoms with Gasteiger partial charge in [-0.2, -0.15) is 9.57 Å². The van der Waals surface area contributed by atoms with Crippen LogP contribution in [0.15, 0.2) is 67.3 Å². The van der Waals surface area contributed by atoms with Crippen molar-refractivity contribution in [1.29, 1.82) is 5.26 Å². The van der Waals surface area contributed by atoms with Gasteiger partial charge in [-0.25, -0.2) is 8.42 Å². The van der Waals surface area contributed by atoms with E-state index in [-0.39, 0.29) is 6.04 Å². The Balaban J connectivity index is 1.32. The van der Waals surface area contributed by atoms with Crippen LogP contribution in [0.1, 0.15) is 73.4 Å². The lowest BCUT2D eigenvalue weighted by atomic mass is 9.69. The van der Waals surface area contributed by atoms with E-state index in [2.05, 4.69) is 16.3 Å². The van der Waals surface area contributed by atoms with Crippen LogP contribution in [-0.4, -0.2) is 33.5 Å². The number of hydrogen-bond donors (Lipinski definition) is 0. The Hall–Kier alpha value is -3.02. The highest BCUT2D eigenvalue weighted by Crippen LogP contribution is 2.43. The van der Waals surface area contributed by atoms with Gasteiger partial charge in [0.25, 0.3) is 0 Å². The Kier molecular flexibility index (Phi) is 6.47. The SMILES string of the molecule is C[C@H]1CC[C@H](c2ccccc2)S(=O)(=O)N1Cc1ccc([C@]2(C#N)CC[C@@H](n3cnnc3)CC2)cc1. The number of benzene rings is 2. The van der Waals surface area contributed by atoms with Crippen LogP contribution in [0.2, 0.25) is 0 Å². The average Bonchev–Trinajstić information content (AvgIpc) is 3.42. The summed E-state index contributed by atoms with van der Waals surface area (Å²) >= 11 is 0. The molecule has 0 N–H and O–H groups in total. The maximum atomic E-state index is 13.5. The van der Waals surface area contributed by atoms with Crippen molar-refractivity contribution in [2.75, 3.05) is 0 Å². The molecule has 2 aromatic carbocycles. The molecule has 7 nitrogen and oxygen atoms in total. The van der Waals surface area contributed by atoms with E-state index in [1.165, 1.54) is 0 Å². The van der Waals surface area contributed by atoms with E-state index in [9.17, 15) is 13.7 Å². The summed E-state index contributed by atoms with van der Waals surface area (Å²) in [6.45, 7) is 2.34. The lowest BCUT2D eigenvalue weighted by Gasteiger charge is -2.38. The van der Waals surface area contributed by atoms with E-state index in [4.69, 9.17) is 0 Å².